The molecular formula is C43H53N5. The van der Waals surface area contributed by atoms with E-state index in [9.17, 15) is 0 Å². The van der Waals surface area contributed by atoms with Gasteiger partial charge >= 0.3 is 0 Å². The first kappa shape index (κ1) is 34.8. The molecule has 0 amide bonds. The van der Waals surface area contributed by atoms with E-state index in [1.54, 1.807) is 0 Å². The predicted molar refractivity (Wildman–Crippen MR) is 203 cm³/mol. The highest BCUT2D eigenvalue weighted by atomic mass is 15.3. The van der Waals surface area contributed by atoms with Crippen molar-refractivity contribution in [3.8, 4) is 0 Å². The smallest absolute Gasteiger partial charge is 0.141 e. The molecule has 0 N–H and O–H groups in total. The second kappa shape index (κ2) is 16.1. The van der Waals surface area contributed by atoms with Gasteiger partial charge in [0.05, 0.1) is 0 Å². The molecule has 3 heterocycles. The third-order valence-corrected chi connectivity index (χ3v) is 8.08. The number of benzene rings is 2. The summed E-state index contributed by atoms with van der Waals surface area (Å²) in [6.45, 7) is 18.0. The van der Waals surface area contributed by atoms with Crippen LogP contribution < -0.4 is 9.80 Å². The normalized spacial score (nSPS) is 11.6. The van der Waals surface area contributed by atoms with Gasteiger partial charge in [-0.1, -0.05) is 97.9 Å². The van der Waals surface area contributed by atoms with Crippen molar-refractivity contribution in [1.82, 2.24) is 15.0 Å². The highest BCUT2D eigenvalue weighted by molar-refractivity contribution is 5.77. The third kappa shape index (κ3) is 9.31. The largest absolute Gasteiger partial charge is 0.279 e. The lowest BCUT2D eigenvalue weighted by Gasteiger charge is -2.28. The molecule has 48 heavy (non-hydrogen) atoms. The van der Waals surface area contributed by atoms with Gasteiger partial charge in [0.25, 0.3) is 0 Å². The molecule has 0 spiro atoms. The molecule has 3 aromatic heterocycles. The van der Waals surface area contributed by atoms with Crippen LogP contribution in [0.2, 0.25) is 0 Å². The predicted octanol–water partition coefficient (Wildman–Crippen LogP) is 11.6. The Labute approximate surface area is 289 Å². The molecule has 0 aliphatic heterocycles. The van der Waals surface area contributed by atoms with Crippen LogP contribution in [0.5, 0.6) is 0 Å². The fraction of sp³-hybridized carbons (Fsp3) is 0.372. The second-order valence-electron chi connectivity index (χ2n) is 14.7. The summed E-state index contributed by atoms with van der Waals surface area (Å²) in [6.07, 6.45) is 3.85. The van der Waals surface area contributed by atoms with Gasteiger partial charge in [0.1, 0.15) is 23.3 Å². The Morgan fingerprint density at radius 1 is 0.396 bits per heavy atom. The molecule has 5 rings (SSSR count). The van der Waals surface area contributed by atoms with Crippen LogP contribution in [0.3, 0.4) is 0 Å². The third-order valence-electron chi connectivity index (χ3n) is 8.08. The lowest BCUT2D eigenvalue weighted by atomic mass is 10.0. The Morgan fingerprint density at radius 2 is 0.729 bits per heavy atom. The van der Waals surface area contributed by atoms with Crippen molar-refractivity contribution in [1.29, 1.82) is 0 Å². The molecule has 0 atom stereocenters. The van der Waals surface area contributed by atoms with Crippen molar-refractivity contribution in [3.63, 3.8) is 0 Å². The number of pyridine rings is 3. The van der Waals surface area contributed by atoms with E-state index in [-0.39, 0.29) is 0 Å². The van der Waals surface area contributed by atoms with Crippen LogP contribution in [0.1, 0.15) is 77.9 Å². The standard InChI is InChI=1S/C43H53N5/c1-30(2)24-34-14-9-18-38(28-34)47(40-20-11-16-36(44-40)26-32(5)6)42-22-13-23-43(46-42)48(39-19-10-15-35(29-39)25-31(3)4)41-21-12-17-37(45-41)27-33(7)8/h9-23,28-33H,24-27H2,1-8H3. The number of rotatable bonds is 14. The van der Waals surface area contributed by atoms with Gasteiger partial charge in [-0.15, -0.1) is 0 Å². The second-order valence-corrected chi connectivity index (χ2v) is 14.7. The van der Waals surface area contributed by atoms with E-state index in [1.165, 1.54) is 11.1 Å². The summed E-state index contributed by atoms with van der Waals surface area (Å²) in [5.74, 6) is 5.48. The van der Waals surface area contributed by atoms with E-state index in [2.05, 4.69) is 168 Å². The molecule has 0 saturated carbocycles. The molecule has 0 fully saturated rings. The van der Waals surface area contributed by atoms with Crippen LogP contribution in [0.15, 0.2) is 103 Å². The maximum Gasteiger partial charge on any atom is 0.141 e. The van der Waals surface area contributed by atoms with Gasteiger partial charge in [-0.05, 0) is 121 Å². The van der Waals surface area contributed by atoms with E-state index < -0.39 is 0 Å². The summed E-state index contributed by atoms with van der Waals surface area (Å²) < 4.78 is 0. The van der Waals surface area contributed by atoms with Crippen molar-refractivity contribution in [2.75, 3.05) is 9.80 Å². The Kier molecular flexibility index (Phi) is 11.6. The Bertz CT molecular complexity index is 1540. The number of hydrogen-bond donors (Lipinski definition) is 0. The van der Waals surface area contributed by atoms with Gasteiger partial charge in [0.15, 0.2) is 0 Å². The monoisotopic (exact) mass is 639 g/mol. The van der Waals surface area contributed by atoms with Gasteiger partial charge in [-0.3, -0.25) is 9.80 Å². The van der Waals surface area contributed by atoms with Crippen molar-refractivity contribution in [2.45, 2.75) is 81.1 Å². The van der Waals surface area contributed by atoms with Crippen LogP contribution in [0.25, 0.3) is 0 Å². The lowest BCUT2D eigenvalue weighted by molar-refractivity contribution is 0.635. The minimum atomic E-state index is 0.510. The molecule has 2 aromatic carbocycles. The van der Waals surface area contributed by atoms with Crippen molar-refractivity contribution in [2.24, 2.45) is 23.7 Å². The minimum Gasteiger partial charge on any atom is -0.279 e. The van der Waals surface area contributed by atoms with Gasteiger partial charge in [0, 0.05) is 22.8 Å². The lowest BCUT2D eigenvalue weighted by Crippen LogP contribution is -2.18. The molecule has 0 unspecified atom stereocenters. The zero-order valence-corrected chi connectivity index (χ0v) is 30.2. The van der Waals surface area contributed by atoms with E-state index in [0.29, 0.717) is 23.7 Å². The van der Waals surface area contributed by atoms with Gasteiger partial charge in [-0.2, -0.15) is 0 Å². The SMILES string of the molecule is CC(C)Cc1cccc(N(c2cccc(CC(C)C)n2)c2cccc(N(c3cccc(CC(C)C)c3)c3cccc(CC(C)C)n3)n2)c1. The zero-order valence-electron chi connectivity index (χ0n) is 30.2. The van der Waals surface area contributed by atoms with Crippen molar-refractivity contribution in [3.05, 3.63) is 126 Å². The topological polar surface area (TPSA) is 45.2 Å². The number of nitrogens with zero attached hydrogens (tertiary/aromatic N) is 5. The maximum absolute atomic E-state index is 5.41. The highest BCUT2D eigenvalue weighted by Gasteiger charge is 2.21. The molecule has 5 nitrogen and oxygen atoms in total. The first-order chi connectivity index (χ1) is 23.0. The molecule has 5 aromatic rings. The van der Waals surface area contributed by atoms with Crippen molar-refractivity contribution >= 4 is 34.6 Å². The fourth-order valence-corrected chi connectivity index (χ4v) is 6.26. The minimum absolute atomic E-state index is 0.510. The molecule has 0 bridgehead atoms. The first-order valence-corrected chi connectivity index (χ1v) is 17.7. The maximum atomic E-state index is 5.41. The molecule has 5 heteroatoms. The summed E-state index contributed by atoms with van der Waals surface area (Å²) in [6, 6.07) is 36.6. The van der Waals surface area contributed by atoms with Crippen LogP contribution in [-0.4, -0.2) is 15.0 Å². The summed E-state index contributed by atoms with van der Waals surface area (Å²) in [7, 11) is 0. The zero-order chi connectivity index (χ0) is 34.2. The summed E-state index contributed by atoms with van der Waals surface area (Å²) in [5.41, 5.74) is 6.87. The van der Waals surface area contributed by atoms with Crippen LogP contribution in [-0.2, 0) is 25.7 Å². The van der Waals surface area contributed by atoms with Crippen LogP contribution in [0, 0.1) is 23.7 Å². The fourth-order valence-electron chi connectivity index (χ4n) is 6.26. The van der Waals surface area contributed by atoms with Gasteiger partial charge in [0.2, 0.25) is 0 Å². The number of hydrogen-bond acceptors (Lipinski definition) is 5. The quantitative estimate of drug-likeness (QED) is 0.121. The average molecular weight is 640 g/mol. The van der Waals surface area contributed by atoms with E-state index in [1.807, 2.05) is 0 Å². The van der Waals surface area contributed by atoms with E-state index in [0.717, 1.165) is 71.7 Å². The van der Waals surface area contributed by atoms with Crippen molar-refractivity contribution < 1.29 is 0 Å². The molecule has 0 aliphatic carbocycles. The Morgan fingerprint density at radius 3 is 1.10 bits per heavy atom. The first-order valence-electron chi connectivity index (χ1n) is 17.7. The number of anilines is 6. The van der Waals surface area contributed by atoms with E-state index in [4.69, 9.17) is 15.0 Å². The Hall–Kier alpha value is -4.51. The number of aromatic nitrogens is 3. The van der Waals surface area contributed by atoms with Gasteiger partial charge < -0.3 is 0 Å². The van der Waals surface area contributed by atoms with Gasteiger partial charge in [-0.25, -0.2) is 15.0 Å². The average Bonchev–Trinajstić information content (AvgIpc) is 3.01. The molecule has 250 valence electrons. The highest BCUT2D eigenvalue weighted by Crippen LogP contribution is 2.38. The molecule has 0 radical (unpaired) electrons. The molecule has 0 aliphatic rings. The Balaban J connectivity index is 1.68. The molecule has 0 saturated heterocycles. The summed E-state index contributed by atoms with van der Waals surface area (Å²) in [4.78, 5) is 20.2. The molecular weight excluding hydrogens is 587 g/mol. The van der Waals surface area contributed by atoms with Crippen LogP contribution in [0.4, 0.5) is 34.6 Å². The summed E-state index contributed by atoms with van der Waals surface area (Å²) >= 11 is 0. The summed E-state index contributed by atoms with van der Waals surface area (Å²) in [5, 5.41) is 0. The van der Waals surface area contributed by atoms with Crippen LogP contribution >= 0.6 is 0 Å². The van der Waals surface area contributed by atoms with E-state index >= 15 is 0 Å².